The molecule has 0 saturated heterocycles. The Labute approximate surface area is 127 Å². The second kappa shape index (κ2) is 5.40. The summed E-state index contributed by atoms with van der Waals surface area (Å²) in [7, 11) is 0. The zero-order chi connectivity index (χ0) is 14.9. The van der Waals surface area contributed by atoms with Crippen molar-refractivity contribution in [1.82, 2.24) is 25.1 Å². The van der Waals surface area contributed by atoms with Crippen LogP contribution in [0.2, 0.25) is 0 Å². The lowest BCUT2D eigenvalue weighted by atomic mass is 9.98. The lowest BCUT2D eigenvalue weighted by molar-refractivity contribution is 0.583. The highest BCUT2D eigenvalue weighted by Gasteiger charge is 2.17. The molecule has 0 bridgehead atoms. The Morgan fingerprint density at radius 3 is 2.90 bits per heavy atom. The molecule has 3 aromatic heterocycles. The Morgan fingerprint density at radius 2 is 2.14 bits per heavy atom. The number of hydrogen-bond donors (Lipinski definition) is 2. The van der Waals surface area contributed by atoms with E-state index in [9.17, 15) is 0 Å². The zero-order valence-electron chi connectivity index (χ0n) is 12.3. The van der Waals surface area contributed by atoms with Crippen molar-refractivity contribution in [2.24, 2.45) is 0 Å². The van der Waals surface area contributed by atoms with Gasteiger partial charge in [0.2, 0.25) is 0 Å². The van der Waals surface area contributed by atoms with Gasteiger partial charge in [-0.05, 0) is 0 Å². The number of fused-ring (bicyclic) bond motifs is 1. The lowest BCUT2D eigenvalue weighted by Crippen LogP contribution is -2.11. The molecule has 0 amide bonds. The van der Waals surface area contributed by atoms with Gasteiger partial charge in [0.15, 0.2) is 5.65 Å². The van der Waals surface area contributed by atoms with Crippen LogP contribution in [0.5, 0.6) is 0 Å². The van der Waals surface area contributed by atoms with Gasteiger partial charge in [0.1, 0.15) is 12.1 Å². The van der Waals surface area contributed by atoms with Crippen molar-refractivity contribution in [3.8, 4) is 0 Å². The van der Waals surface area contributed by atoms with Gasteiger partial charge in [0.05, 0.1) is 22.3 Å². The van der Waals surface area contributed by atoms with Crippen LogP contribution in [0.4, 0.5) is 5.82 Å². The predicted molar refractivity (Wildman–Crippen MR) is 84.7 cm³/mol. The van der Waals surface area contributed by atoms with E-state index in [-0.39, 0.29) is 5.41 Å². The molecule has 110 valence electrons. The van der Waals surface area contributed by atoms with Gasteiger partial charge in [-0.3, -0.25) is 5.10 Å². The SMILES string of the molecule is CC(C)(C)c1nc(CCNc2ncnc3[nH]ncc23)cs1. The van der Waals surface area contributed by atoms with E-state index < -0.39 is 0 Å². The van der Waals surface area contributed by atoms with Crippen LogP contribution >= 0.6 is 11.3 Å². The highest BCUT2D eigenvalue weighted by Crippen LogP contribution is 2.25. The molecule has 0 spiro atoms. The number of aromatic nitrogens is 5. The van der Waals surface area contributed by atoms with Crippen molar-refractivity contribution in [3.63, 3.8) is 0 Å². The van der Waals surface area contributed by atoms with E-state index in [0.29, 0.717) is 0 Å². The number of nitrogens with zero attached hydrogens (tertiary/aromatic N) is 4. The van der Waals surface area contributed by atoms with Crippen molar-refractivity contribution in [3.05, 3.63) is 28.6 Å². The highest BCUT2D eigenvalue weighted by molar-refractivity contribution is 7.09. The van der Waals surface area contributed by atoms with Gasteiger partial charge in [-0.15, -0.1) is 11.3 Å². The number of rotatable bonds is 4. The topological polar surface area (TPSA) is 79.4 Å². The Hall–Kier alpha value is -2.02. The predicted octanol–water partition coefficient (Wildman–Crippen LogP) is 2.76. The quantitative estimate of drug-likeness (QED) is 0.774. The first kappa shape index (κ1) is 13.9. The van der Waals surface area contributed by atoms with E-state index >= 15 is 0 Å². The smallest absolute Gasteiger partial charge is 0.160 e. The summed E-state index contributed by atoms with van der Waals surface area (Å²) in [5.41, 5.74) is 1.98. The maximum atomic E-state index is 4.69. The van der Waals surface area contributed by atoms with Gasteiger partial charge < -0.3 is 5.32 Å². The van der Waals surface area contributed by atoms with Crippen molar-refractivity contribution in [1.29, 1.82) is 0 Å². The van der Waals surface area contributed by atoms with Gasteiger partial charge in [0, 0.05) is 23.8 Å². The zero-order valence-corrected chi connectivity index (χ0v) is 13.2. The number of hydrogen-bond acceptors (Lipinski definition) is 6. The maximum absolute atomic E-state index is 4.69. The van der Waals surface area contributed by atoms with E-state index in [0.717, 1.165) is 35.5 Å². The summed E-state index contributed by atoms with van der Waals surface area (Å²) in [6, 6.07) is 0. The first-order valence-corrected chi connectivity index (χ1v) is 7.75. The van der Waals surface area contributed by atoms with Crippen molar-refractivity contribution in [2.45, 2.75) is 32.6 Å². The van der Waals surface area contributed by atoms with Gasteiger partial charge >= 0.3 is 0 Å². The third-order valence-electron chi connectivity index (χ3n) is 3.11. The van der Waals surface area contributed by atoms with E-state index in [4.69, 9.17) is 4.98 Å². The average molecular weight is 302 g/mol. The second-order valence-electron chi connectivity index (χ2n) is 5.93. The standard InChI is InChI=1S/C14H18N6S/c1-14(2,3)13-19-9(7-21-13)4-5-15-11-10-6-18-20-12(10)17-8-16-11/h6-8H,4-5H2,1-3H3,(H2,15,16,17,18,20). The van der Waals surface area contributed by atoms with Crippen LogP contribution in [0.3, 0.4) is 0 Å². The van der Waals surface area contributed by atoms with Crippen LogP contribution in [0.1, 0.15) is 31.5 Å². The third-order valence-corrected chi connectivity index (χ3v) is 4.43. The highest BCUT2D eigenvalue weighted by atomic mass is 32.1. The van der Waals surface area contributed by atoms with Gasteiger partial charge in [-0.25, -0.2) is 15.0 Å². The normalized spacial score (nSPS) is 12.0. The third kappa shape index (κ3) is 3.02. The lowest BCUT2D eigenvalue weighted by Gasteiger charge is -2.13. The molecule has 0 aliphatic rings. The Kier molecular flexibility index (Phi) is 3.59. The maximum Gasteiger partial charge on any atom is 0.160 e. The average Bonchev–Trinajstić information content (AvgIpc) is 3.06. The molecule has 0 atom stereocenters. The molecule has 0 radical (unpaired) electrons. The van der Waals surface area contributed by atoms with Crippen LogP contribution in [-0.4, -0.2) is 31.7 Å². The minimum absolute atomic E-state index is 0.117. The van der Waals surface area contributed by atoms with Crippen LogP contribution in [0.15, 0.2) is 17.9 Å². The van der Waals surface area contributed by atoms with E-state index in [1.54, 1.807) is 17.5 Å². The summed E-state index contributed by atoms with van der Waals surface area (Å²) in [5.74, 6) is 0.806. The molecule has 21 heavy (non-hydrogen) atoms. The number of thiazole rings is 1. The van der Waals surface area contributed by atoms with E-state index in [2.05, 4.69) is 51.6 Å². The first-order valence-electron chi connectivity index (χ1n) is 6.87. The molecule has 7 heteroatoms. The number of anilines is 1. The van der Waals surface area contributed by atoms with Crippen LogP contribution in [-0.2, 0) is 11.8 Å². The summed E-state index contributed by atoms with van der Waals surface area (Å²) < 4.78 is 0. The molecule has 0 unspecified atom stereocenters. The van der Waals surface area contributed by atoms with Gasteiger partial charge in [0.25, 0.3) is 0 Å². The minimum atomic E-state index is 0.117. The molecule has 0 saturated carbocycles. The summed E-state index contributed by atoms with van der Waals surface area (Å²) >= 11 is 1.73. The Bertz CT molecular complexity index is 739. The van der Waals surface area contributed by atoms with Crippen LogP contribution in [0, 0.1) is 0 Å². The van der Waals surface area contributed by atoms with Gasteiger partial charge in [-0.1, -0.05) is 20.8 Å². The fraction of sp³-hybridized carbons (Fsp3) is 0.429. The van der Waals surface area contributed by atoms with Gasteiger partial charge in [-0.2, -0.15) is 5.10 Å². The summed E-state index contributed by atoms with van der Waals surface area (Å²) in [6.45, 7) is 7.34. The molecule has 0 fully saturated rings. The fourth-order valence-corrected chi connectivity index (χ4v) is 2.92. The Balaban J connectivity index is 1.64. The van der Waals surface area contributed by atoms with Crippen molar-refractivity contribution in [2.75, 3.05) is 11.9 Å². The number of aromatic amines is 1. The molecule has 3 rings (SSSR count). The Morgan fingerprint density at radius 1 is 1.29 bits per heavy atom. The number of H-pyrrole nitrogens is 1. The van der Waals surface area contributed by atoms with Crippen LogP contribution in [0.25, 0.3) is 11.0 Å². The van der Waals surface area contributed by atoms with E-state index in [1.807, 2.05) is 0 Å². The molecule has 3 aromatic rings. The number of nitrogens with one attached hydrogen (secondary N) is 2. The first-order chi connectivity index (χ1) is 10.0. The molecule has 3 heterocycles. The summed E-state index contributed by atoms with van der Waals surface area (Å²) in [5, 5.41) is 14.4. The van der Waals surface area contributed by atoms with Crippen molar-refractivity contribution < 1.29 is 0 Å². The summed E-state index contributed by atoms with van der Waals surface area (Å²) in [4.78, 5) is 13.1. The molecule has 6 nitrogen and oxygen atoms in total. The monoisotopic (exact) mass is 302 g/mol. The minimum Gasteiger partial charge on any atom is -0.369 e. The molecule has 0 aliphatic heterocycles. The summed E-state index contributed by atoms with van der Waals surface area (Å²) in [6.07, 6.45) is 4.14. The molecule has 2 N–H and O–H groups in total. The largest absolute Gasteiger partial charge is 0.369 e. The molecular weight excluding hydrogens is 284 g/mol. The van der Waals surface area contributed by atoms with Crippen LogP contribution < -0.4 is 5.32 Å². The van der Waals surface area contributed by atoms with E-state index in [1.165, 1.54) is 11.3 Å². The second-order valence-corrected chi connectivity index (χ2v) is 6.78. The fourth-order valence-electron chi connectivity index (χ4n) is 1.98. The van der Waals surface area contributed by atoms with Crippen molar-refractivity contribution >= 4 is 28.2 Å². The molecular formula is C14H18N6S. The molecule has 0 aromatic carbocycles. The molecule has 0 aliphatic carbocycles.